The molecule has 126 valence electrons. The van der Waals surface area contributed by atoms with Gasteiger partial charge < -0.3 is 15.1 Å². The van der Waals surface area contributed by atoms with Crippen LogP contribution in [0.1, 0.15) is 11.1 Å². The third kappa shape index (κ3) is 3.85. The average Bonchev–Trinajstić information content (AvgIpc) is 2.55. The van der Waals surface area contributed by atoms with E-state index in [0.717, 1.165) is 35.6 Å². The van der Waals surface area contributed by atoms with Crippen molar-refractivity contribution in [2.45, 2.75) is 13.8 Å². The van der Waals surface area contributed by atoms with Gasteiger partial charge in [0, 0.05) is 37.6 Å². The first-order valence-electron chi connectivity index (χ1n) is 8.16. The molecule has 2 aromatic carbocycles. The molecule has 0 aliphatic carbocycles. The van der Waals surface area contributed by atoms with Crippen molar-refractivity contribution in [1.82, 2.24) is 4.90 Å². The summed E-state index contributed by atoms with van der Waals surface area (Å²) in [7, 11) is 0. The smallest absolute Gasteiger partial charge is 0.321 e. The average molecular weight is 327 g/mol. The minimum atomic E-state index is -0.231. The summed E-state index contributed by atoms with van der Waals surface area (Å²) in [5.74, 6) is -0.231. The van der Waals surface area contributed by atoms with Gasteiger partial charge in [-0.05, 0) is 61.4 Å². The molecule has 0 saturated carbocycles. The fraction of sp³-hybridized carbons (Fsp3) is 0.316. The van der Waals surface area contributed by atoms with Crippen LogP contribution in [0, 0.1) is 19.7 Å². The molecule has 0 bridgehead atoms. The van der Waals surface area contributed by atoms with E-state index in [1.165, 1.54) is 12.1 Å². The summed E-state index contributed by atoms with van der Waals surface area (Å²) in [5.41, 5.74) is 4.09. The Labute approximate surface area is 141 Å². The highest BCUT2D eigenvalue weighted by Gasteiger charge is 2.21. The Hall–Kier alpha value is -2.56. The van der Waals surface area contributed by atoms with Crippen molar-refractivity contribution in [3.63, 3.8) is 0 Å². The van der Waals surface area contributed by atoms with E-state index in [0.29, 0.717) is 13.1 Å². The summed E-state index contributed by atoms with van der Waals surface area (Å²) in [4.78, 5) is 16.4. The van der Waals surface area contributed by atoms with Gasteiger partial charge >= 0.3 is 6.03 Å². The molecular formula is C19H22FN3O. The summed E-state index contributed by atoms with van der Waals surface area (Å²) in [5, 5.41) is 2.97. The number of piperazine rings is 1. The van der Waals surface area contributed by atoms with Gasteiger partial charge in [-0.2, -0.15) is 0 Å². The molecule has 5 heteroatoms. The Balaban J connectivity index is 1.57. The lowest BCUT2D eigenvalue weighted by atomic mass is 10.1. The molecule has 1 N–H and O–H groups in total. The number of rotatable bonds is 2. The van der Waals surface area contributed by atoms with Gasteiger partial charge in [-0.25, -0.2) is 9.18 Å². The number of nitrogens with zero attached hydrogens (tertiary/aromatic N) is 2. The molecule has 1 fully saturated rings. The zero-order valence-electron chi connectivity index (χ0n) is 14.1. The number of aryl methyl sites for hydroxylation is 2. The van der Waals surface area contributed by atoms with Crippen LogP contribution in [0.2, 0.25) is 0 Å². The van der Waals surface area contributed by atoms with Crippen LogP contribution in [0.15, 0.2) is 42.5 Å². The molecule has 24 heavy (non-hydrogen) atoms. The number of hydrogen-bond acceptors (Lipinski definition) is 2. The lowest BCUT2D eigenvalue weighted by Gasteiger charge is -2.36. The number of anilines is 2. The third-order valence-electron chi connectivity index (χ3n) is 4.23. The van der Waals surface area contributed by atoms with E-state index in [4.69, 9.17) is 0 Å². The van der Waals surface area contributed by atoms with Crippen molar-refractivity contribution in [2.75, 3.05) is 36.4 Å². The van der Waals surface area contributed by atoms with Crippen molar-refractivity contribution in [2.24, 2.45) is 0 Å². The molecule has 3 rings (SSSR count). The molecule has 0 atom stereocenters. The topological polar surface area (TPSA) is 35.6 Å². The number of carbonyl (C=O) groups excluding carboxylic acids is 1. The van der Waals surface area contributed by atoms with Gasteiger partial charge in [0.1, 0.15) is 5.82 Å². The number of nitrogens with one attached hydrogen (secondary N) is 1. The van der Waals surface area contributed by atoms with Gasteiger partial charge in [-0.1, -0.05) is 6.07 Å². The number of amides is 2. The molecule has 2 aromatic rings. The normalized spacial score (nSPS) is 14.6. The maximum atomic E-state index is 13.0. The number of hydrogen-bond donors (Lipinski definition) is 1. The fourth-order valence-electron chi connectivity index (χ4n) is 3.07. The highest BCUT2D eigenvalue weighted by Crippen LogP contribution is 2.18. The first-order valence-corrected chi connectivity index (χ1v) is 8.16. The van der Waals surface area contributed by atoms with Crippen LogP contribution in [0.5, 0.6) is 0 Å². The van der Waals surface area contributed by atoms with E-state index in [1.54, 1.807) is 12.1 Å². The summed E-state index contributed by atoms with van der Waals surface area (Å²) in [6.07, 6.45) is 0. The Morgan fingerprint density at radius 3 is 2.12 bits per heavy atom. The standard InChI is InChI=1S/C19H22FN3O/c1-14-11-15(2)13-17(12-14)21-19(24)23-9-7-22(8-10-23)18-5-3-16(20)4-6-18/h3-6,11-13H,7-10H2,1-2H3,(H,21,24). The van der Waals surface area contributed by atoms with Crippen molar-refractivity contribution in [3.05, 3.63) is 59.4 Å². The first kappa shape index (κ1) is 16.3. The van der Waals surface area contributed by atoms with E-state index >= 15 is 0 Å². The lowest BCUT2D eigenvalue weighted by Crippen LogP contribution is -2.50. The second-order valence-electron chi connectivity index (χ2n) is 6.26. The van der Waals surface area contributed by atoms with Gasteiger partial charge in [0.15, 0.2) is 0 Å². The van der Waals surface area contributed by atoms with E-state index in [2.05, 4.69) is 16.3 Å². The Morgan fingerprint density at radius 1 is 0.958 bits per heavy atom. The molecule has 0 radical (unpaired) electrons. The van der Waals surface area contributed by atoms with Crippen LogP contribution in [0.4, 0.5) is 20.6 Å². The summed E-state index contributed by atoms with van der Waals surface area (Å²) in [6.45, 7) is 6.81. The van der Waals surface area contributed by atoms with E-state index in [-0.39, 0.29) is 11.8 Å². The van der Waals surface area contributed by atoms with Gasteiger partial charge in [0.25, 0.3) is 0 Å². The Bertz CT molecular complexity index is 702. The van der Waals surface area contributed by atoms with Crippen molar-refractivity contribution in [3.8, 4) is 0 Å². The second-order valence-corrected chi connectivity index (χ2v) is 6.26. The molecule has 4 nitrogen and oxygen atoms in total. The Morgan fingerprint density at radius 2 is 1.54 bits per heavy atom. The molecule has 2 amide bonds. The van der Waals surface area contributed by atoms with Gasteiger partial charge in [-0.15, -0.1) is 0 Å². The van der Waals surface area contributed by atoms with Crippen LogP contribution < -0.4 is 10.2 Å². The largest absolute Gasteiger partial charge is 0.368 e. The lowest BCUT2D eigenvalue weighted by molar-refractivity contribution is 0.208. The zero-order chi connectivity index (χ0) is 17.1. The predicted octanol–water partition coefficient (Wildman–Crippen LogP) is 3.80. The quantitative estimate of drug-likeness (QED) is 0.911. The molecule has 1 aliphatic rings. The molecule has 0 spiro atoms. The third-order valence-corrected chi connectivity index (χ3v) is 4.23. The highest BCUT2D eigenvalue weighted by molar-refractivity contribution is 5.89. The molecule has 1 aliphatic heterocycles. The predicted molar refractivity (Wildman–Crippen MR) is 95.1 cm³/mol. The maximum Gasteiger partial charge on any atom is 0.321 e. The number of halogens is 1. The molecular weight excluding hydrogens is 305 g/mol. The number of benzene rings is 2. The van der Waals surface area contributed by atoms with Crippen LogP contribution in [0.3, 0.4) is 0 Å². The fourth-order valence-corrected chi connectivity index (χ4v) is 3.07. The minimum absolute atomic E-state index is 0.0706. The van der Waals surface area contributed by atoms with Crippen molar-refractivity contribution < 1.29 is 9.18 Å². The van der Waals surface area contributed by atoms with Crippen LogP contribution in [-0.2, 0) is 0 Å². The van der Waals surface area contributed by atoms with Gasteiger partial charge in [0.05, 0.1) is 0 Å². The molecule has 0 aromatic heterocycles. The summed E-state index contributed by atoms with van der Waals surface area (Å²) < 4.78 is 13.0. The van der Waals surface area contributed by atoms with Crippen molar-refractivity contribution >= 4 is 17.4 Å². The van der Waals surface area contributed by atoms with Crippen LogP contribution >= 0.6 is 0 Å². The molecule has 1 saturated heterocycles. The zero-order valence-corrected chi connectivity index (χ0v) is 14.1. The monoisotopic (exact) mass is 327 g/mol. The number of carbonyl (C=O) groups is 1. The van der Waals surface area contributed by atoms with E-state index < -0.39 is 0 Å². The van der Waals surface area contributed by atoms with E-state index in [9.17, 15) is 9.18 Å². The van der Waals surface area contributed by atoms with Crippen LogP contribution in [-0.4, -0.2) is 37.1 Å². The van der Waals surface area contributed by atoms with Crippen molar-refractivity contribution in [1.29, 1.82) is 0 Å². The molecule has 1 heterocycles. The van der Waals surface area contributed by atoms with Crippen LogP contribution in [0.25, 0.3) is 0 Å². The van der Waals surface area contributed by atoms with Gasteiger partial charge in [0.2, 0.25) is 0 Å². The SMILES string of the molecule is Cc1cc(C)cc(NC(=O)N2CCN(c3ccc(F)cc3)CC2)c1. The van der Waals surface area contributed by atoms with E-state index in [1.807, 2.05) is 30.9 Å². The summed E-state index contributed by atoms with van der Waals surface area (Å²) >= 11 is 0. The Kier molecular flexibility index (Phi) is 4.69. The van der Waals surface area contributed by atoms with Gasteiger partial charge in [-0.3, -0.25) is 0 Å². The first-order chi connectivity index (χ1) is 11.5. The second kappa shape index (κ2) is 6.91. The summed E-state index contributed by atoms with van der Waals surface area (Å²) in [6, 6.07) is 12.4. The minimum Gasteiger partial charge on any atom is -0.368 e. The highest BCUT2D eigenvalue weighted by atomic mass is 19.1. The molecule has 0 unspecified atom stereocenters. The number of urea groups is 1. The maximum absolute atomic E-state index is 13.0.